The monoisotopic (exact) mass is 392 g/mol. The molecule has 1 fully saturated rings. The summed E-state index contributed by atoms with van der Waals surface area (Å²) in [7, 11) is 1.71. The molecule has 2 aromatic carbocycles. The Morgan fingerprint density at radius 2 is 1.69 bits per heavy atom. The number of nitrogens with zero attached hydrogens (tertiary/aromatic N) is 1. The number of nitrogens with one attached hydrogen (secondary N) is 1. The number of carbonyl (C=O) groups is 1. The number of hydrogen-bond acceptors (Lipinski definition) is 4. The molecule has 1 aliphatic rings. The van der Waals surface area contributed by atoms with Gasteiger partial charge in [0.1, 0.15) is 11.3 Å². The Bertz CT molecular complexity index is 1080. The first kappa shape index (κ1) is 19.2. The van der Waals surface area contributed by atoms with Crippen molar-refractivity contribution in [1.82, 2.24) is 4.57 Å². The summed E-state index contributed by atoms with van der Waals surface area (Å²) < 4.78 is 7.13. The summed E-state index contributed by atoms with van der Waals surface area (Å²) in [5.41, 5.74) is 0.528. The maximum absolute atomic E-state index is 13.4. The molecule has 2 N–H and O–H groups in total. The number of aromatic nitrogens is 1. The number of para-hydroxylation sites is 2. The van der Waals surface area contributed by atoms with Crippen LogP contribution in [0.4, 0.5) is 5.69 Å². The molecule has 1 heterocycles. The third-order valence-corrected chi connectivity index (χ3v) is 5.69. The first-order valence-electron chi connectivity index (χ1n) is 9.85. The molecule has 0 radical (unpaired) electrons. The maximum Gasteiger partial charge on any atom is 0.267 e. The fourth-order valence-electron chi connectivity index (χ4n) is 4.17. The van der Waals surface area contributed by atoms with E-state index in [1.165, 1.54) is 0 Å². The molecular formula is C23H24N2O4. The minimum Gasteiger partial charge on any atom is -0.506 e. The van der Waals surface area contributed by atoms with E-state index in [4.69, 9.17) is 4.74 Å². The first-order valence-corrected chi connectivity index (χ1v) is 9.85. The summed E-state index contributed by atoms with van der Waals surface area (Å²) in [5.74, 6) is -0.885. The topological polar surface area (TPSA) is 80.6 Å². The molecule has 0 bridgehead atoms. The number of fused-ring (bicyclic) bond motifs is 1. The highest BCUT2D eigenvalue weighted by molar-refractivity contribution is 6.09. The van der Waals surface area contributed by atoms with Crippen LogP contribution in [0.5, 0.6) is 5.75 Å². The number of carbonyl (C=O) groups excluding carboxylic acids is 1. The second-order valence-corrected chi connectivity index (χ2v) is 7.40. The van der Waals surface area contributed by atoms with Crippen molar-refractivity contribution >= 4 is 22.5 Å². The number of anilines is 1. The average Bonchev–Trinajstić information content (AvgIpc) is 2.75. The highest BCUT2D eigenvalue weighted by Crippen LogP contribution is 2.34. The molecule has 3 aromatic rings. The van der Waals surface area contributed by atoms with Crippen LogP contribution in [0.3, 0.4) is 0 Å². The quantitative estimate of drug-likeness (QED) is 0.701. The van der Waals surface area contributed by atoms with Gasteiger partial charge in [0.2, 0.25) is 0 Å². The van der Waals surface area contributed by atoms with Gasteiger partial charge in [-0.05, 0) is 49.9 Å². The lowest BCUT2D eigenvalue weighted by molar-refractivity contribution is 0.0585. The minimum absolute atomic E-state index is 0.0392. The van der Waals surface area contributed by atoms with E-state index in [0.29, 0.717) is 16.6 Å². The Morgan fingerprint density at radius 1 is 1.03 bits per heavy atom. The first-order chi connectivity index (χ1) is 14.1. The van der Waals surface area contributed by atoms with Gasteiger partial charge >= 0.3 is 0 Å². The van der Waals surface area contributed by atoms with Gasteiger partial charge in [-0.2, -0.15) is 0 Å². The highest BCUT2D eigenvalue weighted by Gasteiger charge is 2.28. The predicted molar refractivity (Wildman–Crippen MR) is 113 cm³/mol. The molecule has 0 spiro atoms. The molecular weight excluding hydrogens is 368 g/mol. The van der Waals surface area contributed by atoms with Crippen molar-refractivity contribution in [3.8, 4) is 5.75 Å². The van der Waals surface area contributed by atoms with E-state index >= 15 is 0 Å². The fourth-order valence-corrected chi connectivity index (χ4v) is 4.17. The van der Waals surface area contributed by atoms with Gasteiger partial charge in [-0.15, -0.1) is 0 Å². The number of methoxy groups -OCH3 is 1. The van der Waals surface area contributed by atoms with E-state index in [1.54, 1.807) is 48.1 Å². The number of amides is 1. The molecule has 1 saturated carbocycles. The zero-order valence-corrected chi connectivity index (χ0v) is 16.3. The molecule has 6 nitrogen and oxygen atoms in total. The molecule has 0 saturated heterocycles. The minimum atomic E-state index is -0.608. The second-order valence-electron chi connectivity index (χ2n) is 7.40. The summed E-state index contributed by atoms with van der Waals surface area (Å²) in [6.45, 7) is 0. The smallest absolute Gasteiger partial charge is 0.267 e. The van der Waals surface area contributed by atoms with Crippen molar-refractivity contribution in [2.45, 2.75) is 37.8 Å². The SMILES string of the molecule is COC1CCC(n2c(=O)c(C(=O)Nc3ccccc3)c(O)c3ccccc32)CC1. The van der Waals surface area contributed by atoms with Crippen molar-refractivity contribution in [2.75, 3.05) is 12.4 Å². The average molecular weight is 392 g/mol. The molecule has 29 heavy (non-hydrogen) atoms. The highest BCUT2D eigenvalue weighted by atomic mass is 16.5. The van der Waals surface area contributed by atoms with Crippen molar-refractivity contribution in [3.05, 3.63) is 70.5 Å². The molecule has 1 aliphatic carbocycles. The molecule has 0 aliphatic heterocycles. The Balaban J connectivity index is 1.81. The fraction of sp³-hybridized carbons (Fsp3) is 0.304. The molecule has 1 aromatic heterocycles. The van der Waals surface area contributed by atoms with Crippen molar-refractivity contribution in [1.29, 1.82) is 0 Å². The van der Waals surface area contributed by atoms with Crippen LogP contribution in [0.1, 0.15) is 42.1 Å². The van der Waals surface area contributed by atoms with Gasteiger partial charge in [-0.1, -0.05) is 30.3 Å². The van der Waals surface area contributed by atoms with Gasteiger partial charge < -0.3 is 19.7 Å². The summed E-state index contributed by atoms with van der Waals surface area (Å²) in [5, 5.41) is 14.0. The van der Waals surface area contributed by atoms with Crippen LogP contribution in [-0.4, -0.2) is 28.8 Å². The summed E-state index contributed by atoms with van der Waals surface area (Å²) in [6, 6.07) is 16.0. The second kappa shape index (κ2) is 8.09. The summed E-state index contributed by atoms with van der Waals surface area (Å²) in [4.78, 5) is 26.3. The summed E-state index contributed by atoms with van der Waals surface area (Å²) in [6.07, 6.45) is 3.48. The van der Waals surface area contributed by atoms with Crippen molar-refractivity contribution in [3.63, 3.8) is 0 Å². The van der Waals surface area contributed by atoms with Crippen LogP contribution in [0.15, 0.2) is 59.4 Å². The van der Waals surface area contributed by atoms with Crippen LogP contribution in [0.2, 0.25) is 0 Å². The van der Waals surface area contributed by atoms with Crippen LogP contribution in [0, 0.1) is 0 Å². The molecule has 0 unspecified atom stereocenters. The zero-order chi connectivity index (χ0) is 20.4. The lowest BCUT2D eigenvalue weighted by Gasteiger charge is -2.30. The van der Waals surface area contributed by atoms with Gasteiger partial charge in [0.15, 0.2) is 0 Å². The van der Waals surface area contributed by atoms with Crippen LogP contribution >= 0.6 is 0 Å². The van der Waals surface area contributed by atoms with E-state index < -0.39 is 11.5 Å². The Morgan fingerprint density at radius 3 is 2.38 bits per heavy atom. The Labute approximate surface area is 168 Å². The predicted octanol–water partition coefficient (Wildman–Crippen LogP) is 4.09. The van der Waals surface area contributed by atoms with Gasteiger partial charge in [-0.25, -0.2) is 0 Å². The van der Waals surface area contributed by atoms with E-state index in [0.717, 1.165) is 25.7 Å². The zero-order valence-electron chi connectivity index (χ0n) is 16.3. The number of pyridine rings is 1. The van der Waals surface area contributed by atoms with Crippen molar-refractivity contribution < 1.29 is 14.6 Å². The third-order valence-electron chi connectivity index (χ3n) is 5.69. The number of rotatable bonds is 4. The summed E-state index contributed by atoms with van der Waals surface area (Å²) >= 11 is 0. The Kier molecular flexibility index (Phi) is 5.36. The number of aromatic hydroxyl groups is 1. The number of hydrogen-bond donors (Lipinski definition) is 2. The lowest BCUT2D eigenvalue weighted by atomic mass is 9.92. The maximum atomic E-state index is 13.4. The van der Waals surface area contributed by atoms with Gasteiger partial charge in [0.25, 0.3) is 11.5 Å². The third kappa shape index (κ3) is 3.63. The lowest BCUT2D eigenvalue weighted by Crippen LogP contribution is -2.34. The Hall–Kier alpha value is -3.12. The van der Waals surface area contributed by atoms with Gasteiger partial charge in [0.05, 0.1) is 11.6 Å². The molecule has 1 amide bonds. The molecule has 0 atom stereocenters. The normalized spacial score (nSPS) is 19.2. The molecule has 150 valence electrons. The van der Waals surface area contributed by atoms with E-state index in [1.807, 2.05) is 18.2 Å². The molecule has 4 rings (SSSR count). The van der Waals surface area contributed by atoms with Gasteiger partial charge in [0, 0.05) is 24.2 Å². The van der Waals surface area contributed by atoms with Crippen LogP contribution in [0.25, 0.3) is 10.9 Å². The molecule has 6 heteroatoms. The van der Waals surface area contributed by atoms with E-state index in [9.17, 15) is 14.7 Å². The van der Waals surface area contributed by atoms with E-state index in [-0.39, 0.29) is 23.5 Å². The van der Waals surface area contributed by atoms with E-state index in [2.05, 4.69) is 5.32 Å². The van der Waals surface area contributed by atoms with Gasteiger partial charge in [-0.3, -0.25) is 9.59 Å². The number of ether oxygens (including phenoxy) is 1. The van der Waals surface area contributed by atoms with Crippen LogP contribution in [-0.2, 0) is 4.74 Å². The largest absolute Gasteiger partial charge is 0.506 e. The number of benzene rings is 2. The van der Waals surface area contributed by atoms with Crippen molar-refractivity contribution in [2.24, 2.45) is 0 Å². The standard InChI is InChI=1S/C23H24N2O4/c1-29-17-13-11-16(12-14-17)25-19-10-6-5-9-18(19)21(26)20(23(25)28)22(27)24-15-7-3-2-4-8-15/h2-10,16-17,26H,11-14H2,1H3,(H,24,27). The van der Waals surface area contributed by atoms with Crippen LogP contribution < -0.4 is 10.9 Å².